The van der Waals surface area contributed by atoms with Crippen LogP contribution in [0, 0.1) is 0 Å². The zero-order valence-corrected chi connectivity index (χ0v) is 15.5. The van der Waals surface area contributed by atoms with E-state index < -0.39 is 5.60 Å². The van der Waals surface area contributed by atoms with E-state index in [2.05, 4.69) is 47.2 Å². The van der Waals surface area contributed by atoms with E-state index in [1.165, 1.54) is 10.9 Å². The Morgan fingerprint density at radius 3 is 2.58 bits per heavy atom. The maximum atomic E-state index is 13.0. The number of carbonyl (C=O) groups is 1. The van der Waals surface area contributed by atoms with Gasteiger partial charge in [-0.1, -0.05) is 42.5 Å². The molecule has 134 valence electrons. The summed E-state index contributed by atoms with van der Waals surface area (Å²) in [6.45, 7) is 6.36. The molecule has 26 heavy (non-hydrogen) atoms. The van der Waals surface area contributed by atoms with Gasteiger partial charge in [-0.15, -0.1) is 0 Å². The summed E-state index contributed by atoms with van der Waals surface area (Å²) in [5.41, 5.74) is 3.04. The fourth-order valence-corrected chi connectivity index (χ4v) is 3.67. The van der Waals surface area contributed by atoms with E-state index in [1.54, 1.807) is 0 Å². The second kappa shape index (κ2) is 6.20. The van der Waals surface area contributed by atoms with Crippen molar-refractivity contribution in [3.63, 3.8) is 0 Å². The summed E-state index contributed by atoms with van der Waals surface area (Å²) in [6.07, 6.45) is 2.43. The highest BCUT2D eigenvalue weighted by molar-refractivity contribution is 5.80. The third-order valence-corrected chi connectivity index (χ3v) is 4.77. The van der Waals surface area contributed by atoms with E-state index in [0.717, 1.165) is 17.5 Å². The van der Waals surface area contributed by atoms with Gasteiger partial charge in [0.15, 0.2) is 0 Å². The molecular weight excluding hydrogens is 324 g/mol. The Hall–Kier alpha value is -2.75. The van der Waals surface area contributed by atoms with Gasteiger partial charge in [0.25, 0.3) is 0 Å². The molecule has 4 nitrogen and oxygen atoms in total. The molecule has 0 aliphatic carbocycles. The van der Waals surface area contributed by atoms with Gasteiger partial charge in [-0.25, -0.2) is 4.79 Å². The Morgan fingerprint density at radius 1 is 1.04 bits per heavy atom. The number of fused-ring (bicyclic) bond motifs is 2. The molecule has 1 amide bonds. The molecule has 0 bridgehead atoms. The quantitative estimate of drug-likeness (QED) is 0.621. The number of hydrogen-bond donors (Lipinski definition) is 0. The maximum Gasteiger partial charge on any atom is 0.412 e. The molecule has 0 spiro atoms. The molecule has 0 radical (unpaired) electrons. The molecule has 3 aromatic rings. The van der Waals surface area contributed by atoms with E-state index in [-0.39, 0.29) is 12.3 Å². The number of ether oxygens (including phenoxy) is 1. The summed E-state index contributed by atoms with van der Waals surface area (Å²) in [5, 5.41) is 1.17. The fraction of sp³-hybridized carbons (Fsp3) is 0.318. The summed E-state index contributed by atoms with van der Waals surface area (Å²) < 4.78 is 7.88. The third kappa shape index (κ3) is 2.96. The first-order chi connectivity index (χ1) is 12.4. The number of aromatic nitrogens is 1. The molecule has 1 aliphatic heterocycles. The molecule has 1 aromatic heterocycles. The van der Waals surface area contributed by atoms with Gasteiger partial charge in [0.2, 0.25) is 0 Å². The average Bonchev–Trinajstić information content (AvgIpc) is 3.03. The Morgan fingerprint density at radius 2 is 1.77 bits per heavy atom. The Balaban J connectivity index is 1.84. The molecular formula is C22H24N2O2. The van der Waals surface area contributed by atoms with Gasteiger partial charge in [-0.2, -0.15) is 0 Å². The summed E-state index contributed by atoms with van der Waals surface area (Å²) in [7, 11) is 0. The van der Waals surface area contributed by atoms with Crippen molar-refractivity contribution in [2.24, 2.45) is 0 Å². The monoisotopic (exact) mass is 348 g/mol. The SMILES string of the molecule is CC(C)(C)OC(=O)N1CCc2ccccc2C1n1ccc2ccccc21. The van der Waals surface area contributed by atoms with Crippen molar-refractivity contribution in [3.8, 4) is 0 Å². The minimum Gasteiger partial charge on any atom is -0.444 e. The van der Waals surface area contributed by atoms with Gasteiger partial charge in [0.1, 0.15) is 11.8 Å². The van der Waals surface area contributed by atoms with Crippen LogP contribution in [0.4, 0.5) is 4.79 Å². The van der Waals surface area contributed by atoms with Crippen molar-refractivity contribution in [3.05, 3.63) is 71.9 Å². The average molecular weight is 348 g/mol. The van der Waals surface area contributed by atoms with Crippen molar-refractivity contribution >= 4 is 17.0 Å². The molecule has 1 aliphatic rings. The number of benzene rings is 2. The zero-order valence-electron chi connectivity index (χ0n) is 15.5. The minimum atomic E-state index is -0.517. The van der Waals surface area contributed by atoms with Crippen LogP contribution in [0.5, 0.6) is 0 Å². The number of para-hydroxylation sites is 1. The molecule has 0 fully saturated rings. The molecule has 0 saturated heterocycles. The first-order valence-corrected chi connectivity index (χ1v) is 9.07. The molecule has 0 saturated carbocycles. The number of rotatable bonds is 1. The number of amides is 1. The van der Waals surface area contributed by atoms with E-state index >= 15 is 0 Å². The molecule has 4 heteroatoms. The van der Waals surface area contributed by atoms with E-state index in [1.807, 2.05) is 43.9 Å². The predicted molar refractivity (Wildman–Crippen MR) is 103 cm³/mol. The second-order valence-electron chi connectivity index (χ2n) is 7.78. The Labute approximate surface area is 154 Å². The normalized spacial score (nSPS) is 17.2. The van der Waals surface area contributed by atoms with Crippen LogP contribution in [0.25, 0.3) is 10.9 Å². The van der Waals surface area contributed by atoms with Crippen LogP contribution in [-0.4, -0.2) is 27.7 Å². The van der Waals surface area contributed by atoms with Crippen LogP contribution >= 0.6 is 0 Å². The Kier molecular flexibility index (Phi) is 3.98. The third-order valence-electron chi connectivity index (χ3n) is 4.77. The fourth-order valence-electron chi connectivity index (χ4n) is 3.67. The highest BCUT2D eigenvalue weighted by Crippen LogP contribution is 2.34. The first-order valence-electron chi connectivity index (χ1n) is 9.07. The largest absolute Gasteiger partial charge is 0.444 e. The van der Waals surface area contributed by atoms with Crippen LogP contribution in [0.15, 0.2) is 60.8 Å². The highest BCUT2D eigenvalue weighted by Gasteiger charge is 2.35. The predicted octanol–water partition coefficient (Wildman–Crippen LogP) is 4.98. The van der Waals surface area contributed by atoms with Crippen molar-refractivity contribution in [1.29, 1.82) is 0 Å². The van der Waals surface area contributed by atoms with Gasteiger partial charge < -0.3 is 9.30 Å². The molecule has 0 N–H and O–H groups in total. The maximum absolute atomic E-state index is 13.0. The summed E-state index contributed by atoms with van der Waals surface area (Å²) in [6, 6.07) is 18.7. The topological polar surface area (TPSA) is 34.5 Å². The number of hydrogen-bond acceptors (Lipinski definition) is 2. The lowest BCUT2D eigenvalue weighted by Gasteiger charge is -2.39. The molecule has 1 atom stereocenters. The van der Waals surface area contributed by atoms with Crippen LogP contribution in [0.3, 0.4) is 0 Å². The van der Waals surface area contributed by atoms with Crippen LogP contribution in [0.2, 0.25) is 0 Å². The first kappa shape index (κ1) is 16.7. The highest BCUT2D eigenvalue weighted by atomic mass is 16.6. The summed E-state index contributed by atoms with van der Waals surface area (Å²) >= 11 is 0. The van der Waals surface area contributed by atoms with Crippen LogP contribution in [-0.2, 0) is 11.2 Å². The van der Waals surface area contributed by atoms with Crippen LogP contribution in [0.1, 0.15) is 38.1 Å². The van der Waals surface area contributed by atoms with Crippen molar-refractivity contribution in [2.75, 3.05) is 6.54 Å². The smallest absolute Gasteiger partial charge is 0.412 e. The van der Waals surface area contributed by atoms with Crippen LogP contribution < -0.4 is 0 Å². The standard InChI is InChI=1S/C22H24N2O2/c1-22(2,3)26-21(25)24-15-12-16-8-4-6-10-18(16)20(24)23-14-13-17-9-5-7-11-19(17)23/h4-11,13-14,20H,12,15H2,1-3H3. The molecule has 2 heterocycles. The lowest BCUT2D eigenvalue weighted by molar-refractivity contribution is 0.0113. The number of nitrogens with zero attached hydrogens (tertiary/aromatic N) is 2. The Bertz CT molecular complexity index is 952. The summed E-state index contributed by atoms with van der Waals surface area (Å²) in [4.78, 5) is 14.8. The van der Waals surface area contributed by atoms with Gasteiger partial charge in [-0.05, 0) is 55.8 Å². The van der Waals surface area contributed by atoms with Gasteiger partial charge in [0.05, 0.1) is 5.52 Å². The van der Waals surface area contributed by atoms with E-state index in [4.69, 9.17) is 4.74 Å². The molecule has 1 unspecified atom stereocenters. The zero-order chi connectivity index (χ0) is 18.3. The molecule has 2 aromatic carbocycles. The van der Waals surface area contributed by atoms with E-state index in [9.17, 15) is 4.79 Å². The van der Waals surface area contributed by atoms with Gasteiger partial charge >= 0.3 is 6.09 Å². The van der Waals surface area contributed by atoms with Crippen molar-refractivity contribution < 1.29 is 9.53 Å². The van der Waals surface area contributed by atoms with Gasteiger partial charge in [-0.3, -0.25) is 4.90 Å². The summed E-state index contributed by atoms with van der Waals surface area (Å²) in [5.74, 6) is 0. The second-order valence-corrected chi connectivity index (χ2v) is 7.78. The molecule has 4 rings (SSSR count). The lowest BCUT2D eigenvalue weighted by atomic mass is 9.97. The van der Waals surface area contributed by atoms with Crippen molar-refractivity contribution in [2.45, 2.75) is 39.0 Å². The lowest BCUT2D eigenvalue weighted by Crippen LogP contribution is -2.45. The number of carbonyl (C=O) groups excluding carboxylic acids is 1. The minimum absolute atomic E-state index is 0.199. The van der Waals surface area contributed by atoms with E-state index in [0.29, 0.717) is 6.54 Å². The van der Waals surface area contributed by atoms with Gasteiger partial charge in [0, 0.05) is 12.7 Å². The van der Waals surface area contributed by atoms with Crippen molar-refractivity contribution in [1.82, 2.24) is 9.47 Å².